The molecule has 2 rings (SSSR count). The van der Waals surface area contributed by atoms with Gasteiger partial charge < -0.3 is 14.8 Å². The molecule has 2 aromatic rings. The molecular formula is C17H18ClNO3. The van der Waals surface area contributed by atoms with Crippen LogP contribution in [-0.4, -0.2) is 19.6 Å². The Hall–Kier alpha value is -2.20. The maximum absolute atomic E-state index is 12.3. The maximum Gasteiger partial charge on any atom is 0.255 e. The van der Waals surface area contributed by atoms with Crippen LogP contribution in [0, 0.1) is 6.92 Å². The number of amides is 1. The number of methoxy groups -OCH3 is 1. The zero-order chi connectivity index (χ0) is 16.1. The number of carbonyl (C=O) groups is 1. The molecule has 2 aromatic carbocycles. The molecule has 0 aromatic heterocycles. The van der Waals surface area contributed by atoms with Gasteiger partial charge in [0.05, 0.1) is 18.7 Å². The van der Waals surface area contributed by atoms with Gasteiger partial charge in [-0.05, 0) is 38.1 Å². The molecule has 1 N–H and O–H groups in total. The lowest BCUT2D eigenvalue weighted by molar-refractivity contribution is 0.102. The monoisotopic (exact) mass is 319 g/mol. The van der Waals surface area contributed by atoms with Crippen molar-refractivity contribution in [3.05, 3.63) is 52.5 Å². The standard InChI is InChI=1S/C17H18ClNO3/c1-4-22-15-10-12(9-14(18)16(15)21-3)17(20)19-13-7-5-11(2)6-8-13/h5-10H,4H2,1-3H3,(H,19,20). The highest BCUT2D eigenvalue weighted by atomic mass is 35.5. The Balaban J connectivity index is 2.27. The topological polar surface area (TPSA) is 47.6 Å². The van der Waals surface area contributed by atoms with Crippen LogP contribution in [-0.2, 0) is 0 Å². The van der Waals surface area contributed by atoms with Gasteiger partial charge in [0.2, 0.25) is 0 Å². The van der Waals surface area contributed by atoms with E-state index in [0.29, 0.717) is 28.7 Å². The van der Waals surface area contributed by atoms with Crippen LogP contribution in [0.15, 0.2) is 36.4 Å². The van der Waals surface area contributed by atoms with E-state index in [1.165, 1.54) is 7.11 Å². The van der Waals surface area contributed by atoms with Crippen LogP contribution in [0.5, 0.6) is 11.5 Å². The first kappa shape index (κ1) is 16.2. The molecule has 0 aliphatic carbocycles. The summed E-state index contributed by atoms with van der Waals surface area (Å²) in [5, 5.41) is 3.16. The van der Waals surface area contributed by atoms with Crippen LogP contribution in [0.2, 0.25) is 5.02 Å². The summed E-state index contributed by atoms with van der Waals surface area (Å²) in [6.45, 7) is 4.30. The third kappa shape index (κ3) is 3.71. The molecule has 0 aliphatic heterocycles. The molecule has 4 nitrogen and oxygen atoms in total. The van der Waals surface area contributed by atoms with E-state index in [0.717, 1.165) is 11.3 Å². The molecule has 0 spiro atoms. The number of ether oxygens (including phenoxy) is 2. The van der Waals surface area contributed by atoms with Crippen molar-refractivity contribution in [1.82, 2.24) is 0 Å². The molecular weight excluding hydrogens is 302 g/mol. The number of benzene rings is 2. The van der Waals surface area contributed by atoms with Crippen LogP contribution < -0.4 is 14.8 Å². The van der Waals surface area contributed by atoms with E-state index in [-0.39, 0.29) is 5.91 Å². The zero-order valence-corrected chi connectivity index (χ0v) is 13.5. The Kier molecular flexibility index (Phi) is 5.28. The quantitative estimate of drug-likeness (QED) is 0.893. The Morgan fingerprint density at radius 2 is 1.91 bits per heavy atom. The lowest BCUT2D eigenvalue weighted by atomic mass is 10.1. The first-order valence-electron chi connectivity index (χ1n) is 6.93. The van der Waals surface area contributed by atoms with Crippen LogP contribution >= 0.6 is 11.6 Å². The van der Waals surface area contributed by atoms with Gasteiger partial charge in [-0.3, -0.25) is 4.79 Å². The minimum Gasteiger partial charge on any atom is -0.491 e. The fourth-order valence-corrected chi connectivity index (χ4v) is 2.29. The van der Waals surface area contributed by atoms with Crippen molar-refractivity contribution in [2.45, 2.75) is 13.8 Å². The second-order valence-electron chi connectivity index (χ2n) is 4.74. The van der Waals surface area contributed by atoms with E-state index in [9.17, 15) is 4.79 Å². The van der Waals surface area contributed by atoms with E-state index in [2.05, 4.69) is 5.32 Å². The van der Waals surface area contributed by atoms with Gasteiger partial charge in [-0.25, -0.2) is 0 Å². The lowest BCUT2D eigenvalue weighted by Crippen LogP contribution is -2.12. The molecule has 5 heteroatoms. The zero-order valence-electron chi connectivity index (χ0n) is 12.8. The summed E-state index contributed by atoms with van der Waals surface area (Å²) in [6, 6.07) is 10.7. The van der Waals surface area contributed by atoms with Crippen molar-refractivity contribution in [3.8, 4) is 11.5 Å². The summed E-state index contributed by atoms with van der Waals surface area (Å²) in [7, 11) is 1.51. The number of carbonyl (C=O) groups excluding carboxylic acids is 1. The molecule has 0 saturated carbocycles. The van der Waals surface area contributed by atoms with Crippen molar-refractivity contribution >= 4 is 23.2 Å². The van der Waals surface area contributed by atoms with Gasteiger partial charge in [-0.1, -0.05) is 29.3 Å². The van der Waals surface area contributed by atoms with E-state index < -0.39 is 0 Å². The van der Waals surface area contributed by atoms with E-state index in [1.807, 2.05) is 38.1 Å². The largest absolute Gasteiger partial charge is 0.491 e. The maximum atomic E-state index is 12.3. The average Bonchev–Trinajstić information content (AvgIpc) is 2.49. The summed E-state index contributed by atoms with van der Waals surface area (Å²) in [4.78, 5) is 12.3. The fourth-order valence-electron chi connectivity index (χ4n) is 2.00. The van der Waals surface area contributed by atoms with Crippen molar-refractivity contribution in [2.75, 3.05) is 19.0 Å². The Labute approximate surface area is 135 Å². The minimum atomic E-state index is -0.255. The number of halogens is 1. The Morgan fingerprint density at radius 3 is 2.50 bits per heavy atom. The lowest BCUT2D eigenvalue weighted by Gasteiger charge is -2.13. The van der Waals surface area contributed by atoms with E-state index >= 15 is 0 Å². The number of hydrogen-bond acceptors (Lipinski definition) is 3. The normalized spacial score (nSPS) is 10.2. The number of rotatable bonds is 5. The van der Waals surface area contributed by atoms with Gasteiger partial charge in [0.15, 0.2) is 11.5 Å². The molecule has 0 fully saturated rings. The van der Waals surface area contributed by atoms with Gasteiger partial charge in [0.1, 0.15) is 0 Å². The molecule has 0 saturated heterocycles. The fraction of sp³-hybridized carbons (Fsp3) is 0.235. The van der Waals surface area contributed by atoms with Gasteiger partial charge >= 0.3 is 0 Å². The predicted octanol–water partition coefficient (Wildman–Crippen LogP) is 4.31. The van der Waals surface area contributed by atoms with Crippen LogP contribution in [0.25, 0.3) is 0 Å². The molecule has 116 valence electrons. The predicted molar refractivity (Wildman–Crippen MR) is 88.3 cm³/mol. The number of hydrogen-bond donors (Lipinski definition) is 1. The molecule has 0 bridgehead atoms. The Morgan fingerprint density at radius 1 is 1.23 bits per heavy atom. The van der Waals surface area contributed by atoms with Crippen molar-refractivity contribution < 1.29 is 14.3 Å². The van der Waals surface area contributed by atoms with E-state index in [1.54, 1.807) is 12.1 Å². The minimum absolute atomic E-state index is 0.255. The summed E-state index contributed by atoms with van der Waals surface area (Å²) in [6.07, 6.45) is 0. The highest BCUT2D eigenvalue weighted by molar-refractivity contribution is 6.32. The highest BCUT2D eigenvalue weighted by Crippen LogP contribution is 2.36. The molecule has 0 atom stereocenters. The molecule has 22 heavy (non-hydrogen) atoms. The van der Waals surface area contributed by atoms with Gasteiger partial charge in [-0.2, -0.15) is 0 Å². The van der Waals surface area contributed by atoms with Crippen molar-refractivity contribution in [1.29, 1.82) is 0 Å². The third-order valence-corrected chi connectivity index (χ3v) is 3.37. The first-order chi connectivity index (χ1) is 10.5. The first-order valence-corrected chi connectivity index (χ1v) is 7.31. The van der Waals surface area contributed by atoms with Gasteiger partial charge in [-0.15, -0.1) is 0 Å². The summed E-state index contributed by atoms with van der Waals surface area (Å²) in [5.74, 6) is 0.622. The number of anilines is 1. The molecule has 0 aliphatic rings. The van der Waals surface area contributed by atoms with Gasteiger partial charge in [0, 0.05) is 11.3 Å². The van der Waals surface area contributed by atoms with Crippen LogP contribution in [0.1, 0.15) is 22.8 Å². The van der Waals surface area contributed by atoms with Crippen molar-refractivity contribution in [3.63, 3.8) is 0 Å². The highest BCUT2D eigenvalue weighted by Gasteiger charge is 2.15. The molecule has 0 unspecified atom stereocenters. The van der Waals surface area contributed by atoms with E-state index in [4.69, 9.17) is 21.1 Å². The molecule has 0 heterocycles. The molecule has 1 amide bonds. The smallest absolute Gasteiger partial charge is 0.255 e. The Bertz CT molecular complexity index is 668. The average molecular weight is 320 g/mol. The summed E-state index contributed by atoms with van der Waals surface area (Å²) < 4.78 is 10.7. The molecule has 0 radical (unpaired) electrons. The second-order valence-corrected chi connectivity index (χ2v) is 5.15. The van der Waals surface area contributed by atoms with Crippen LogP contribution in [0.4, 0.5) is 5.69 Å². The third-order valence-electron chi connectivity index (χ3n) is 3.09. The summed E-state index contributed by atoms with van der Waals surface area (Å²) >= 11 is 6.15. The van der Waals surface area contributed by atoms with Gasteiger partial charge in [0.25, 0.3) is 5.91 Å². The van der Waals surface area contributed by atoms with Crippen LogP contribution in [0.3, 0.4) is 0 Å². The SMILES string of the molecule is CCOc1cc(C(=O)Nc2ccc(C)cc2)cc(Cl)c1OC. The van der Waals surface area contributed by atoms with Crippen molar-refractivity contribution in [2.24, 2.45) is 0 Å². The number of aryl methyl sites for hydroxylation is 1. The number of nitrogens with one attached hydrogen (secondary N) is 1. The summed E-state index contributed by atoms with van der Waals surface area (Å²) in [5.41, 5.74) is 2.26. The second kappa shape index (κ2) is 7.18.